The highest BCUT2D eigenvalue weighted by Gasteiger charge is 2.43. The number of hydrogen-bond donors (Lipinski definition) is 1. The summed E-state index contributed by atoms with van der Waals surface area (Å²) in [4.78, 5) is 0. The lowest BCUT2D eigenvalue weighted by atomic mass is 9.86. The van der Waals surface area contributed by atoms with Gasteiger partial charge in [0.05, 0.1) is 5.60 Å². The van der Waals surface area contributed by atoms with Gasteiger partial charge in [-0.1, -0.05) is 45.7 Å². The second-order valence-electron chi connectivity index (χ2n) is 5.50. The summed E-state index contributed by atoms with van der Waals surface area (Å²) in [6.45, 7) is 4.44. The first kappa shape index (κ1) is 12.6. The molecule has 1 atom stereocenters. The molecule has 2 rings (SSSR count). The number of benzene rings is 1. The summed E-state index contributed by atoms with van der Waals surface area (Å²) in [5.41, 5.74) is 0.565. The summed E-state index contributed by atoms with van der Waals surface area (Å²) in [6.07, 6.45) is 2.74. The molecule has 0 heterocycles. The maximum atomic E-state index is 10.8. The van der Waals surface area contributed by atoms with Crippen molar-refractivity contribution in [3.63, 3.8) is 0 Å². The van der Waals surface area contributed by atoms with Crippen molar-refractivity contribution < 1.29 is 5.11 Å². The lowest BCUT2D eigenvalue weighted by molar-refractivity contribution is 0.0331. The van der Waals surface area contributed by atoms with E-state index in [1.165, 1.54) is 0 Å². The van der Waals surface area contributed by atoms with Crippen LogP contribution in [0.15, 0.2) is 27.1 Å². The van der Waals surface area contributed by atoms with Crippen LogP contribution in [0.25, 0.3) is 0 Å². The van der Waals surface area contributed by atoms with E-state index in [4.69, 9.17) is 0 Å². The van der Waals surface area contributed by atoms with Gasteiger partial charge in [0.2, 0.25) is 0 Å². The van der Waals surface area contributed by atoms with E-state index in [1.54, 1.807) is 0 Å². The van der Waals surface area contributed by atoms with Crippen LogP contribution in [0.4, 0.5) is 0 Å². The van der Waals surface area contributed by atoms with Gasteiger partial charge in [-0.2, -0.15) is 0 Å². The lowest BCUT2D eigenvalue weighted by Crippen LogP contribution is -2.24. The van der Waals surface area contributed by atoms with E-state index in [2.05, 4.69) is 45.7 Å². The van der Waals surface area contributed by atoms with Gasteiger partial charge in [0.1, 0.15) is 0 Å². The second-order valence-corrected chi connectivity index (χ2v) is 7.27. The Kier molecular flexibility index (Phi) is 3.23. The predicted molar refractivity (Wildman–Crippen MR) is 73.4 cm³/mol. The van der Waals surface area contributed by atoms with Crippen LogP contribution in [0.2, 0.25) is 0 Å². The predicted octanol–water partition coefficient (Wildman–Crippen LogP) is 4.61. The summed E-state index contributed by atoms with van der Waals surface area (Å²) >= 11 is 7.00. The Bertz CT molecular complexity index is 414. The summed E-state index contributed by atoms with van der Waals surface area (Å²) in [6, 6.07) is 5.99. The van der Waals surface area contributed by atoms with Crippen molar-refractivity contribution in [2.45, 2.75) is 38.7 Å². The van der Waals surface area contributed by atoms with Crippen LogP contribution >= 0.6 is 31.9 Å². The van der Waals surface area contributed by atoms with E-state index >= 15 is 0 Å². The zero-order chi connectivity index (χ0) is 12.0. The standard InChI is InChI=1S/C13H16Br2O/c1-12(2)5-6-13(16,8-12)10-7-9(14)3-4-11(10)15/h3-4,7,16H,5-6,8H2,1-2H3. The Labute approximate surface area is 114 Å². The fraction of sp³-hybridized carbons (Fsp3) is 0.538. The van der Waals surface area contributed by atoms with Crippen LogP contribution in [-0.4, -0.2) is 5.11 Å². The van der Waals surface area contributed by atoms with Crippen molar-refractivity contribution in [1.82, 2.24) is 0 Å². The van der Waals surface area contributed by atoms with E-state index in [-0.39, 0.29) is 5.41 Å². The molecule has 1 N–H and O–H groups in total. The quantitative estimate of drug-likeness (QED) is 0.786. The molecule has 1 fully saturated rings. The molecule has 3 heteroatoms. The van der Waals surface area contributed by atoms with Crippen LogP contribution in [0.3, 0.4) is 0 Å². The Hall–Kier alpha value is 0.140. The maximum absolute atomic E-state index is 10.8. The summed E-state index contributed by atoms with van der Waals surface area (Å²) < 4.78 is 2.01. The Morgan fingerprint density at radius 1 is 1.19 bits per heavy atom. The zero-order valence-corrected chi connectivity index (χ0v) is 12.7. The largest absolute Gasteiger partial charge is 0.385 e. The van der Waals surface area contributed by atoms with Crippen molar-refractivity contribution in [3.05, 3.63) is 32.7 Å². The summed E-state index contributed by atoms with van der Waals surface area (Å²) in [7, 11) is 0. The molecule has 1 aromatic rings. The minimum Gasteiger partial charge on any atom is -0.385 e. The summed E-state index contributed by atoms with van der Waals surface area (Å²) in [5.74, 6) is 0. The van der Waals surface area contributed by atoms with Crippen LogP contribution < -0.4 is 0 Å². The number of hydrogen-bond acceptors (Lipinski definition) is 1. The van der Waals surface area contributed by atoms with Gasteiger partial charge in [0.15, 0.2) is 0 Å². The van der Waals surface area contributed by atoms with E-state index in [0.29, 0.717) is 0 Å². The van der Waals surface area contributed by atoms with Gasteiger partial charge in [-0.05, 0) is 48.4 Å². The molecular weight excluding hydrogens is 332 g/mol. The van der Waals surface area contributed by atoms with Crippen molar-refractivity contribution in [1.29, 1.82) is 0 Å². The first-order chi connectivity index (χ1) is 7.32. The Balaban J connectivity index is 2.41. The van der Waals surface area contributed by atoms with E-state index in [0.717, 1.165) is 33.8 Å². The molecule has 1 aromatic carbocycles. The minimum absolute atomic E-state index is 0.233. The molecule has 1 aliphatic rings. The first-order valence-electron chi connectivity index (χ1n) is 5.50. The molecule has 0 spiro atoms. The van der Waals surface area contributed by atoms with Crippen molar-refractivity contribution in [2.24, 2.45) is 5.41 Å². The normalized spacial score (nSPS) is 28.3. The van der Waals surface area contributed by atoms with E-state index in [1.807, 2.05) is 18.2 Å². The zero-order valence-electron chi connectivity index (χ0n) is 9.56. The molecule has 88 valence electrons. The highest BCUT2D eigenvalue weighted by molar-refractivity contribution is 9.11. The molecule has 16 heavy (non-hydrogen) atoms. The number of rotatable bonds is 1. The smallest absolute Gasteiger partial charge is 0.0913 e. The van der Waals surface area contributed by atoms with Gasteiger partial charge in [0.25, 0.3) is 0 Å². The Morgan fingerprint density at radius 2 is 1.88 bits per heavy atom. The van der Waals surface area contributed by atoms with E-state index in [9.17, 15) is 5.11 Å². The third-order valence-corrected chi connectivity index (χ3v) is 4.60. The van der Waals surface area contributed by atoms with E-state index < -0.39 is 5.60 Å². The van der Waals surface area contributed by atoms with Crippen molar-refractivity contribution in [2.75, 3.05) is 0 Å². The molecule has 0 aliphatic heterocycles. The fourth-order valence-corrected chi connectivity index (χ4v) is 3.57. The summed E-state index contributed by atoms with van der Waals surface area (Å²) in [5, 5.41) is 10.8. The highest BCUT2D eigenvalue weighted by atomic mass is 79.9. The van der Waals surface area contributed by atoms with Gasteiger partial charge in [0, 0.05) is 8.95 Å². The van der Waals surface area contributed by atoms with Crippen LogP contribution in [-0.2, 0) is 5.60 Å². The third-order valence-electron chi connectivity index (χ3n) is 3.42. The highest BCUT2D eigenvalue weighted by Crippen LogP contribution is 2.50. The van der Waals surface area contributed by atoms with Crippen molar-refractivity contribution >= 4 is 31.9 Å². The third kappa shape index (κ3) is 2.36. The topological polar surface area (TPSA) is 20.2 Å². The molecular formula is C13H16Br2O. The molecule has 0 aromatic heterocycles. The van der Waals surface area contributed by atoms with Gasteiger partial charge in [-0.25, -0.2) is 0 Å². The van der Waals surface area contributed by atoms with Crippen LogP contribution in [0, 0.1) is 5.41 Å². The van der Waals surface area contributed by atoms with Gasteiger partial charge in [-0.3, -0.25) is 0 Å². The second kappa shape index (κ2) is 4.11. The van der Waals surface area contributed by atoms with Crippen LogP contribution in [0.5, 0.6) is 0 Å². The molecule has 0 radical (unpaired) electrons. The monoisotopic (exact) mass is 346 g/mol. The molecule has 1 aliphatic carbocycles. The van der Waals surface area contributed by atoms with Gasteiger partial charge < -0.3 is 5.11 Å². The first-order valence-corrected chi connectivity index (χ1v) is 7.09. The lowest BCUT2D eigenvalue weighted by Gasteiger charge is -2.27. The molecule has 1 saturated carbocycles. The molecule has 0 saturated heterocycles. The molecule has 1 unspecified atom stereocenters. The Morgan fingerprint density at radius 3 is 2.44 bits per heavy atom. The number of halogens is 2. The average molecular weight is 348 g/mol. The van der Waals surface area contributed by atoms with Crippen molar-refractivity contribution in [3.8, 4) is 0 Å². The molecule has 0 amide bonds. The van der Waals surface area contributed by atoms with Crippen LogP contribution in [0.1, 0.15) is 38.7 Å². The molecule has 1 nitrogen and oxygen atoms in total. The maximum Gasteiger partial charge on any atom is 0.0913 e. The average Bonchev–Trinajstić information content (AvgIpc) is 2.46. The van der Waals surface area contributed by atoms with Gasteiger partial charge >= 0.3 is 0 Å². The minimum atomic E-state index is -0.674. The fourth-order valence-electron chi connectivity index (χ4n) is 2.60. The molecule has 0 bridgehead atoms. The SMILES string of the molecule is CC1(C)CCC(O)(c2cc(Br)ccc2Br)C1. The van der Waals surface area contributed by atoms with Gasteiger partial charge in [-0.15, -0.1) is 0 Å². The number of aliphatic hydroxyl groups is 1.